The molecule has 6 rings (SSSR count). The number of hydrogen-bond acceptors (Lipinski definition) is 6. The SMILES string of the molecule is COc1cc(/C=C2\CCCN3C2=NOC2(CCOCC2)[C@@H]3c2cc(F)c(F)c(F)c2)ccc1-n1cnc(C)c1. The Morgan fingerprint density at radius 1 is 1.10 bits per heavy atom. The Bertz CT molecular complexity index is 1440. The third-order valence-electron chi connectivity index (χ3n) is 7.72. The van der Waals surface area contributed by atoms with E-state index < -0.39 is 29.1 Å². The molecule has 2 fully saturated rings. The normalized spacial score (nSPS) is 21.5. The Morgan fingerprint density at radius 2 is 1.87 bits per heavy atom. The fourth-order valence-corrected chi connectivity index (χ4v) is 5.86. The largest absolute Gasteiger partial charge is 0.495 e. The zero-order valence-electron chi connectivity index (χ0n) is 21.8. The number of nitrogens with zero attached hydrogens (tertiary/aromatic N) is 4. The predicted octanol–water partition coefficient (Wildman–Crippen LogP) is 5.72. The van der Waals surface area contributed by atoms with Gasteiger partial charge in [0.2, 0.25) is 0 Å². The minimum atomic E-state index is -1.48. The molecule has 204 valence electrons. The fourth-order valence-electron chi connectivity index (χ4n) is 5.86. The molecule has 1 atom stereocenters. The van der Waals surface area contributed by atoms with Crippen LogP contribution in [0.4, 0.5) is 13.2 Å². The van der Waals surface area contributed by atoms with Crippen LogP contribution in [0.3, 0.4) is 0 Å². The summed E-state index contributed by atoms with van der Waals surface area (Å²) in [7, 11) is 1.62. The van der Waals surface area contributed by atoms with E-state index in [1.54, 1.807) is 13.4 Å². The van der Waals surface area contributed by atoms with Crippen molar-refractivity contribution in [3.8, 4) is 11.4 Å². The van der Waals surface area contributed by atoms with Gasteiger partial charge in [-0.2, -0.15) is 0 Å². The minimum Gasteiger partial charge on any atom is -0.495 e. The van der Waals surface area contributed by atoms with E-state index in [1.165, 1.54) is 0 Å². The third kappa shape index (κ3) is 4.56. The number of ether oxygens (including phenoxy) is 2. The summed E-state index contributed by atoms with van der Waals surface area (Å²) in [6, 6.07) is 7.51. The van der Waals surface area contributed by atoms with E-state index in [2.05, 4.69) is 15.0 Å². The van der Waals surface area contributed by atoms with E-state index in [0.717, 1.165) is 47.5 Å². The molecule has 10 heteroatoms. The van der Waals surface area contributed by atoms with E-state index in [-0.39, 0.29) is 0 Å². The fraction of sp³-hybridized carbons (Fsp3) is 0.379. The molecule has 0 N–H and O–H groups in total. The zero-order valence-corrected chi connectivity index (χ0v) is 21.8. The number of halogens is 3. The van der Waals surface area contributed by atoms with Gasteiger partial charge < -0.3 is 23.8 Å². The van der Waals surface area contributed by atoms with E-state index in [4.69, 9.17) is 14.3 Å². The molecular weight excluding hydrogens is 509 g/mol. The number of imidazole rings is 1. The number of rotatable bonds is 4. The Kier molecular flexibility index (Phi) is 6.58. The molecule has 0 aliphatic carbocycles. The number of fused-ring (bicyclic) bond motifs is 1. The van der Waals surface area contributed by atoms with Crippen molar-refractivity contribution in [1.82, 2.24) is 14.5 Å². The van der Waals surface area contributed by atoms with Crippen LogP contribution in [-0.4, -0.2) is 52.8 Å². The molecule has 7 nitrogen and oxygen atoms in total. The highest BCUT2D eigenvalue weighted by molar-refractivity contribution is 6.03. The lowest BCUT2D eigenvalue weighted by atomic mass is 9.79. The number of piperidine rings is 1. The van der Waals surface area contributed by atoms with Crippen LogP contribution < -0.4 is 4.74 Å². The Morgan fingerprint density at radius 3 is 2.56 bits per heavy atom. The van der Waals surface area contributed by atoms with E-state index in [9.17, 15) is 13.2 Å². The second kappa shape index (κ2) is 10.1. The number of amidine groups is 1. The summed E-state index contributed by atoms with van der Waals surface area (Å²) in [5, 5.41) is 4.57. The van der Waals surface area contributed by atoms with Gasteiger partial charge >= 0.3 is 0 Å². The molecule has 0 bridgehead atoms. The van der Waals surface area contributed by atoms with Gasteiger partial charge in [0.05, 0.1) is 44.1 Å². The van der Waals surface area contributed by atoms with Crippen molar-refractivity contribution in [2.75, 3.05) is 26.9 Å². The van der Waals surface area contributed by atoms with Gasteiger partial charge in [0.25, 0.3) is 0 Å². The first kappa shape index (κ1) is 25.5. The first-order chi connectivity index (χ1) is 18.9. The first-order valence-electron chi connectivity index (χ1n) is 13.0. The molecule has 0 saturated carbocycles. The smallest absolute Gasteiger partial charge is 0.194 e. The van der Waals surface area contributed by atoms with E-state index in [0.29, 0.717) is 49.7 Å². The van der Waals surface area contributed by atoms with Crippen molar-refractivity contribution >= 4 is 11.9 Å². The molecule has 3 aliphatic heterocycles. The van der Waals surface area contributed by atoms with Crippen LogP contribution in [0.25, 0.3) is 11.8 Å². The van der Waals surface area contributed by atoms with E-state index >= 15 is 0 Å². The van der Waals surface area contributed by atoms with Crippen LogP contribution in [0.1, 0.15) is 48.5 Å². The summed E-state index contributed by atoms with van der Waals surface area (Å²) in [6.07, 6.45) is 8.25. The maximum Gasteiger partial charge on any atom is 0.194 e. The van der Waals surface area contributed by atoms with Crippen LogP contribution in [0.2, 0.25) is 0 Å². The van der Waals surface area contributed by atoms with E-state index in [1.807, 2.05) is 42.0 Å². The molecule has 1 spiro atoms. The van der Waals surface area contributed by atoms with Gasteiger partial charge in [-0.25, -0.2) is 18.2 Å². The highest BCUT2D eigenvalue weighted by atomic mass is 19.2. The summed E-state index contributed by atoms with van der Waals surface area (Å²) >= 11 is 0. The molecule has 3 aromatic rings. The van der Waals surface area contributed by atoms with Crippen molar-refractivity contribution in [3.63, 3.8) is 0 Å². The van der Waals surface area contributed by atoms with Gasteiger partial charge in [0, 0.05) is 25.6 Å². The molecular formula is C29H29F3N4O3. The number of aromatic nitrogens is 2. The standard InChI is InChI=1S/C29H29F3N4O3/c1-18-16-35(17-33-18)24-6-5-19(13-25(24)37-2)12-20-4-3-9-36-27(21-14-22(30)26(32)23(31)15-21)29(39-34-28(20)36)7-10-38-11-8-29/h5-6,12-17,27H,3-4,7-11H2,1-2H3/b20-12+/t27-/m0/s1. The highest BCUT2D eigenvalue weighted by Crippen LogP contribution is 2.47. The maximum atomic E-state index is 14.4. The summed E-state index contributed by atoms with van der Waals surface area (Å²) in [4.78, 5) is 12.5. The van der Waals surface area contributed by atoms with Crippen molar-refractivity contribution in [2.24, 2.45) is 5.16 Å². The lowest BCUT2D eigenvalue weighted by Gasteiger charge is -2.51. The van der Waals surface area contributed by atoms with Crippen LogP contribution in [0.15, 0.2) is 53.6 Å². The molecule has 3 aliphatic rings. The van der Waals surface area contributed by atoms with Gasteiger partial charge in [-0.3, -0.25) is 0 Å². The minimum absolute atomic E-state index is 0.323. The highest BCUT2D eigenvalue weighted by Gasteiger charge is 2.51. The topological polar surface area (TPSA) is 61.1 Å². The molecule has 0 unspecified atom stereocenters. The Balaban J connectivity index is 1.39. The van der Waals surface area contributed by atoms with Gasteiger partial charge in [-0.15, -0.1) is 0 Å². The monoisotopic (exact) mass is 538 g/mol. The zero-order chi connectivity index (χ0) is 27.1. The number of methoxy groups -OCH3 is 1. The van der Waals surface area contributed by atoms with Crippen LogP contribution in [0.5, 0.6) is 5.75 Å². The van der Waals surface area contributed by atoms with Crippen molar-refractivity contribution < 1.29 is 27.5 Å². The van der Waals surface area contributed by atoms with Gasteiger partial charge in [0.15, 0.2) is 28.9 Å². The molecule has 39 heavy (non-hydrogen) atoms. The molecule has 1 aromatic heterocycles. The number of benzene rings is 2. The number of aryl methyl sites for hydroxylation is 1. The average molecular weight is 539 g/mol. The number of hydrogen-bond donors (Lipinski definition) is 0. The number of oxime groups is 1. The lowest BCUT2D eigenvalue weighted by Crippen LogP contribution is -2.57. The second-order valence-electron chi connectivity index (χ2n) is 10.2. The van der Waals surface area contributed by atoms with Crippen LogP contribution >= 0.6 is 0 Å². The van der Waals surface area contributed by atoms with Crippen molar-refractivity contribution in [2.45, 2.75) is 44.2 Å². The summed E-state index contributed by atoms with van der Waals surface area (Å²) in [5.41, 5.74) is 3.10. The summed E-state index contributed by atoms with van der Waals surface area (Å²) in [5.74, 6) is -2.61. The van der Waals surface area contributed by atoms with Gasteiger partial charge in [0.1, 0.15) is 5.75 Å². The molecule has 0 radical (unpaired) electrons. The van der Waals surface area contributed by atoms with Crippen LogP contribution in [0, 0.1) is 24.4 Å². The molecule has 2 aromatic carbocycles. The lowest BCUT2D eigenvalue weighted by molar-refractivity contribution is -0.159. The van der Waals surface area contributed by atoms with Gasteiger partial charge in [-0.1, -0.05) is 11.2 Å². The third-order valence-corrected chi connectivity index (χ3v) is 7.72. The summed E-state index contributed by atoms with van der Waals surface area (Å²) < 4.78 is 55.8. The predicted molar refractivity (Wildman–Crippen MR) is 139 cm³/mol. The Hall–Kier alpha value is -3.79. The van der Waals surface area contributed by atoms with Crippen LogP contribution in [-0.2, 0) is 9.57 Å². The quantitative estimate of drug-likeness (QED) is 0.398. The summed E-state index contributed by atoms with van der Waals surface area (Å²) in [6.45, 7) is 3.42. The molecule has 2 saturated heterocycles. The van der Waals surface area contributed by atoms with Gasteiger partial charge in [-0.05, 0) is 66.8 Å². The first-order valence-corrected chi connectivity index (χ1v) is 13.0. The molecule has 0 amide bonds. The van der Waals surface area contributed by atoms with Crippen molar-refractivity contribution in [1.29, 1.82) is 0 Å². The second-order valence-corrected chi connectivity index (χ2v) is 10.2. The van der Waals surface area contributed by atoms with Crippen molar-refractivity contribution in [3.05, 3.63) is 82.7 Å². The average Bonchev–Trinajstić information content (AvgIpc) is 3.37. The maximum absolute atomic E-state index is 14.4. The Labute approximate surface area is 224 Å². The molecule has 4 heterocycles.